The molecule has 4 aliphatic rings. The molecule has 7 rings (SSSR count). The molecule has 3 fully saturated rings. The summed E-state index contributed by atoms with van der Waals surface area (Å²) in [5.41, 5.74) is 2.94. The van der Waals surface area contributed by atoms with Crippen LogP contribution in [0.5, 0.6) is 11.5 Å². The van der Waals surface area contributed by atoms with Crippen LogP contribution in [0.15, 0.2) is 36.5 Å². The molecule has 3 aromatic rings. The van der Waals surface area contributed by atoms with Crippen LogP contribution in [0.4, 0.5) is 5.69 Å². The highest BCUT2D eigenvalue weighted by Gasteiger charge is 2.39. The van der Waals surface area contributed by atoms with Crippen molar-refractivity contribution in [2.24, 2.45) is 5.92 Å². The van der Waals surface area contributed by atoms with Crippen molar-refractivity contribution in [1.82, 2.24) is 24.9 Å². The molecule has 1 saturated carbocycles. The predicted octanol–water partition coefficient (Wildman–Crippen LogP) is 2.87. The van der Waals surface area contributed by atoms with Gasteiger partial charge in [0.25, 0.3) is 5.91 Å². The second-order valence-electron chi connectivity index (χ2n) is 12.2. The van der Waals surface area contributed by atoms with Crippen molar-refractivity contribution in [3.63, 3.8) is 0 Å². The number of benzene rings is 2. The number of nitrogens with one attached hydrogen (secondary N) is 2. The summed E-state index contributed by atoms with van der Waals surface area (Å²) in [5.74, 6) is 1.08. The molecule has 12 nitrogen and oxygen atoms in total. The maximum absolute atomic E-state index is 12.9. The molecule has 44 heavy (non-hydrogen) atoms. The molecule has 0 radical (unpaired) electrons. The third-order valence-corrected chi connectivity index (χ3v) is 9.11. The number of nitrogens with zero attached hydrogens (tertiary/aromatic N) is 4. The topological polar surface area (TPSA) is 135 Å². The molecular formula is C32H36N6O6. The highest BCUT2D eigenvalue weighted by atomic mass is 16.5. The quantitative estimate of drug-likeness (QED) is 0.254. The first-order valence-electron chi connectivity index (χ1n) is 15.4. The third kappa shape index (κ3) is 5.86. The van der Waals surface area contributed by atoms with Crippen molar-refractivity contribution < 1.29 is 28.7 Å². The number of carbonyl (C=O) groups is 4. The zero-order valence-electron chi connectivity index (χ0n) is 24.5. The van der Waals surface area contributed by atoms with Gasteiger partial charge in [-0.3, -0.25) is 34.1 Å². The van der Waals surface area contributed by atoms with Gasteiger partial charge in [0.05, 0.1) is 23.9 Å². The van der Waals surface area contributed by atoms with E-state index in [-0.39, 0.29) is 18.2 Å². The van der Waals surface area contributed by atoms with Gasteiger partial charge in [0, 0.05) is 55.8 Å². The van der Waals surface area contributed by atoms with Crippen LogP contribution >= 0.6 is 0 Å². The molecule has 2 saturated heterocycles. The maximum atomic E-state index is 12.9. The van der Waals surface area contributed by atoms with Crippen molar-refractivity contribution in [1.29, 1.82) is 0 Å². The zero-order chi connectivity index (χ0) is 30.2. The van der Waals surface area contributed by atoms with Crippen LogP contribution in [0.1, 0.15) is 60.5 Å². The Labute approximate surface area is 254 Å². The number of ether oxygens (including phenoxy) is 2. The van der Waals surface area contributed by atoms with E-state index in [2.05, 4.69) is 26.4 Å². The Kier molecular flexibility index (Phi) is 7.67. The fourth-order valence-corrected chi connectivity index (χ4v) is 6.39. The molecule has 1 aromatic heterocycles. The summed E-state index contributed by atoms with van der Waals surface area (Å²) in [6.45, 7) is 4.16. The van der Waals surface area contributed by atoms with Crippen molar-refractivity contribution in [2.45, 2.75) is 57.2 Å². The van der Waals surface area contributed by atoms with Crippen molar-refractivity contribution in [2.75, 3.05) is 38.2 Å². The molecule has 4 amide bonds. The lowest BCUT2D eigenvalue weighted by Crippen LogP contribution is -2.52. The normalized spacial score (nSPS) is 21.0. The Bertz CT molecular complexity index is 1610. The predicted molar refractivity (Wildman–Crippen MR) is 160 cm³/mol. The van der Waals surface area contributed by atoms with Crippen molar-refractivity contribution in [3.05, 3.63) is 47.7 Å². The van der Waals surface area contributed by atoms with Crippen molar-refractivity contribution >= 4 is 40.7 Å². The molecule has 2 aromatic carbocycles. The number of aromatic nitrogens is 2. The Morgan fingerprint density at radius 2 is 1.86 bits per heavy atom. The average molecular weight is 601 g/mol. The SMILES string of the molecule is O=CNc1cc2cn(C3CCN(CCOc4ccc5c(c4)CN(C4CCC(=O)NC4=O)C5=O)CC3)nc2cc1OCC1CC1. The number of anilines is 1. The molecule has 0 bridgehead atoms. The molecule has 12 heteroatoms. The lowest BCUT2D eigenvalue weighted by atomic mass is 10.0. The molecule has 1 atom stereocenters. The maximum Gasteiger partial charge on any atom is 0.255 e. The monoisotopic (exact) mass is 600 g/mol. The van der Waals surface area contributed by atoms with Gasteiger partial charge in [0.2, 0.25) is 18.2 Å². The minimum Gasteiger partial charge on any atom is -0.492 e. The zero-order valence-corrected chi connectivity index (χ0v) is 24.5. The average Bonchev–Trinajstić information content (AvgIpc) is 3.67. The number of rotatable bonds is 11. The van der Waals surface area contributed by atoms with Crippen LogP contribution < -0.4 is 20.1 Å². The molecule has 230 valence electrons. The third-order valence-electron chi connectivity index (χ3n) is 9.11. The van der Waals surface area contributed by atoms with E-state index in [0.717, 1.165) is 48.9 Å². The number of hydrogen-bond acceptors (Lipinski definition) is 8. The summed E-state index contributed by atoms with van der Waals surface area (Å²) < 4.78 is 14.1. The number of fused-ring (bicyclic) bond motifs is 2. The van der Waals surface area contributed by atoms with E-state index in [1.165, 1.54) is 12.8 Å². The molecular weight excluding hydrogens is 564 g/mol. The van der Waals surface area contributed by atoms with Crippen LogP contribution in [0.25, 0.3) is 10.9 Å². The standard InChI is InChI=1S/C32H36N6O6/c39-19-33-27-14-22-17-38(35-26(22)15-29(27)44-18-20-1-2-20)23-7-9-36(10-8-23)11-12-43-24-3-4-25-21(13-24)16-37(32(25)42)28-5-6-30(40)34-31(28)41/h3-4,13-15,17,19-20,23,28H,1-2,5-12,16,18H2,(H,33,39)(H,34,40,41). The highest BCUT2D eigenvalue weighted by molar-refractivity contribution is 6.05. The van der Waals surface area contributed by atoms with Gasteiger partial charge < -0.3 is 19.7 Å². The number of carbonyl (C=O) groups excluding carboxylic acids is 4. The highest BCUT2D eigenvalue weighted by Crippen LogP contribution is 2.35. The molecule has 2 N–H and O–H groups in total. The van der Waals surface area contributed by atoms with E-state index in [0.29, 0.717) is 67.3 Å². The van der Waals surface area contributed by atoms with Gasteiger partial charge in [0.15, 0.2) is 0 Å². The Hall–Kier alpha value is -4.45. The Morgan fingerprint density at radius 3 is 2.64 bits per heavy atom. The number of amides is 4. The van der Waals surface area contributed by atoms with Gasteiger partial charge in [-0.05, 0) is 67.9 Å². The van der Waals surface area contributed by atoms with Gasteiger partial charge >= 0.3 is 0 Å². The van der Waals surface area contributed by atoms with E-state index >= 15 is 0 Å². The molecule has 4 heterocycles. The first-order chi connectivity index (χ1) is 21.4. The smallest absolute Gasteiger partial charge is 0.255 e. The van der Waals surface area contributed by atoms with Gasteiger partial charge in [-0.1, -0.05) is 0 Å². The summed E-state index contributed by atoms with van der Waals surface area (Å²) in [5, 5.41) is 10.9. The molecule has 1 unspecified atom stereocenters. The van der Waals surface area contributed by atoms with Crippen molar-refractivity contribution in [3.8, 4) is 11.5 Å². The summed E-state index contributed by atoms with van der Waals surface area (Å²) in [7, 11) is 0. The van der Waals surface area contributed by atoms with E-state index in [1.54, 1.807) is 17.0 Å². The first kappa shape index (κ1) is 28.3. The van der Waals surface area contributed by atoms with Crippen LogP contribution in [0.2, 0.25) is 0 Å². The number of hydrogen-bond donors (Lipinski definition) is 2. The molecule has 3 aliphatic heterocycles. The number of imide groups is 1. The number of likely N-dealkylation sites (tertiary alicyclic amines) is 1. The summed E-state index contributed by atoms with van der Waals surface area (Å²) in [6, 6.07) is 8.97. The minimum absolute atomic E-state index is 0.186. The van der Waals surface area contributed by atoms with Gasteiger partial charge in [0.1, 0.15) is 24.1 Å². The number of piperidine rings is 2. The lowest BCUT2D eigenvalue weighted by Gasteiger charge is -2.31. The molecule has 0 spiro atoms. The molecule has 1 aliphatic carbocycles. The Balaban J connectivity index is 0.906. The largest absolute Gasteiger partial charge is 0.492 e. The lowest BCUT2D eigenvalue weighted by molar-refractivity contribution is -0.136. The first-order valence-corrected chi connectivity index (χ1v) is 15.4. The van der Waals surface area contributed by atoms with Crippen LogP contribution in [-0.2, 0) is 20.9 Å². The fourth-order valence-electron chi connectivity index (χ4n) is 6.39. The van der Waals surface area contributed by atoms with Crippen LogP contribution in [0.3, 0.4) is 0 Å². The van der Waals surface area contributed by atoms with E-state index in [9.17, 15) is 19.2 Å². The van der Waals surface area contributed by atoms with E-state index < -0.39 is 11.9 Å². The Morgan fingerprint density at radius 1 is 1.02 bits per heavy atom. The van der Waals surface area contributed by atoms with Gasteiger partial charge in [-0.15, -0.1) is 0 Å². The summed E-state index contributed by atoms with van der Waals surface area (Å²) >= 11 is 0. The van der Waals surface area contributed by atoms with Crippen LogP contribution in [-0.4, -0.2) is 82.6 Å². The second-order valence-corrected chi connectivity index (χ2v) is 12.2. The minimum atomic E-state index is -0.625. The summed E-state index contributed by atoms with van der Waals surface area (Å²) in [4.78, 5) is 51.8. The van der Waals surface area contributed by atoms with Gasteiger partial charge in [-0.25, -0.2) is 0 Å². The fraction of sp³-hybridized carbons (Fsp3) is 0.469. The van der Waals surface area contributed by atoms with Crippen LogP contribution in [0, 0.1) is 5.92 Å². The summed E-state index contributed by atoms with van der Waals surface area (Å²) in [6.07, 6.45) is 7.64. The van der Waals surface area contributed by atoms with E-state index in [4.69, 9.17) is 14.6 Å². The second kappa shape index (κ2) is 11.9. The van der Waals surface area contributed by atoms with Gasteiger partial charge in [-0.2, -0.15) is 5.10 Å². The van der Waals surface area contributed by atoms with E-state index in [1.807, 2.05) is 18.2 Å².